The molecule has 0 saturated carbocycles. The Morgan fingerprint density at radius 2 is 1.48 bits per heavy atom. The number of phenolic OH excluding ortho intramolecular Hbond substituents is 1. The quantitative estimate of drug-likeness (QED) is 0.416. The van der Waals surface area contributed by atoms with Crippen molar-refractivity contribution in [2.24, 2.45) is 0 Å². The van der Waals surface area contributed by atoms with Gasteiger partial charge in [0.15, 0.2) is 0 Å². The second kappa shape index (κ2) is 19.2. The number of ether oxygens (including phenoxy) is 4. The van der Waals surface area contributed by atoms with Gasteiger partial charge < -0.3 is 29.2 Å². The van der Waals surface area contributed by atoms with E-state index >= 15 is 0 Å². The fraction of sp³-hybridized carbons (Fsp3) is 0.478. The molecule has 0 spiro atoms. The van der Waals surface area contributed by atoms with Crippen molar-refractivity contribution in [1.29, 1.82) is 0 Å². The Kier molecular flexibility index (Phi) is 19.3. The summed E-state index contributed by atoms with van der Waals surface area (Å²) >= 11 is 0. The fourth-order valence-corrected chi connectivity index (χ4v) is 2.19. The van der Waals surface area contributed by atoms with E-state index in [1.54, 1.807) is 40.6 Å². The molecule has 166 valence electrons. The van der Waals surface area contributed by atoms with Crippen LogP contribution >= 0.6 is 0 Å². The van der Waals surface area contributed by atoms with Crippen molar-refractivity contribution >= 4 is 6.08 Å². The van der Waals surface area contributed by atoms with Gasteiger partial charge in [-0.3, -0.25) is 0 Å². The largest absolute Gasteiger partial charge is 0.508 e. The van der Waals surface area contributed by atoms with Gasteiger partial charge in [-0.25, -0.2) is 0 Å². The second-order valence-corrected chi connectivity index (χ2v) is 5.55. The molecule has 6 heteroatoms. The van der Waals surface area contributed by atoms with Gasteiger partial charge >= 0.3 is 0 Å². The third kappa shape index (κ3) is 12.1. The van der Waals surface area contributed by atoms with Crippen LogP contribution in [0.2, 0.25) is 0 Å². The lowest BCUT2D eigenvalue weighted by Crippen LogP contribution is -1.98. The number of aromatic hydroxyl groups is 1. The molecule has 0 unspecified atom stereocenters. The van der Waals surface area contributed by atoms with Crippen molar-refractivity contribution in [3.8, 4) is 5.75 Å². The first-order valence-corrected chi connectivity index (χ1v) is 9.46. The highest BCUT2D eigenvalue weighted by molar-refractivity contribution is 5.54. The minimum Gasteiger partial charge on any atom is -0.508 e. The molecule has 0 saturated heterocycles. The van der Waals surface area contributed by atoms with Crippen LogP contribution in [-0.4, -0.2) is 51.9 Å². The molecule has 6 nitrogen and oxygen atoms in total. The van der Waals surface area contributed by atoms with Crippen LogP contribution in [0.25, 0.3) is 6.08 Å². The monoisotopic (exact) mass is 410 g/mol. The topological polar surface area (TPSA) is 77.4 Å². The Labute approximate surface area is 176 Å². The Morgan fingerprint density at radius 3 is 1.83 bits per heavy atom. The highest BCUT2D eigenvalue weighted by Gasteiger charge is 2.08. The molecule has 0 amide bonds. The van der Waals surface area contributed by atoms with Gasteiger partial charge in [0.25, 0.3) is 0 Å². The zero-order chi connectivity index (χ0) is 22.7. The number of allylic oxidation sites excluding steroid dienone is 1. The number of phenols is 1. The maximum absolute atomic E-state index is 9.88. The molecule has 29 heavy (non-hydrogen) atoms. The lowest BCUT2D eigenvalue weighted by molar-refractivity contribution is 0.174. The Balaban J connectivity index is 0. The van der Waals surface area contributed by atoms with Gasteiger partial charge in [-0.05, 0) is 30.7 Å². The van der Waals surface area contributed by atoms with Gasteiger partial charge in [0.1, 0.15) is 11.5 Å². The lowest BCUT2D eigenvalue weighted by atomic mass is 10.0. The van der Waals surface area contributed by atoms with Crippen LogP contribution in [-0.2, 0) is 32.2 Å². The Morgan fingerprint density at radius 1 is 0.966 bits per heavy atom. The van der Waals surface area contributed by atoms with E-state index in [1.165, 1.54) is 0 Å². The molecule has 0 fully saturated rings. The SMILES string of the molecule is C/C=C(COC)\C(O)=C\COC.C=Cc1cc(COC)c(O)c(COC)c1.CC. The minimum absolute atomic E-state index is 0.223. The van der Waals surface area contributed by atoms with Crippen LogP contribution < -0.4 is 0 Å². The molecular formula is C23H38O6. The predicted molar refractivity (Wildman–Crippen MR) is 119 cm³/mol. The van der Waals surface area contributed by atoms with Crippen LogP contribution in [0.4, 0.5) is 0 Å². The van der Waals surface area contributed by atoms with E-state index in [9.17, 15) is 10.2 Å². The average molecular weight is 411 g/mol. The number of methoxy groups -OCH3 is 4. The first-order valence-electron chi connectivity index (χ1n) is 9.46. The predicted octanol–water partition coefficient (Wildman–Crippen LogP) is 5.02. The Hall–Kier alpha value is -2.12. The van der Waals surface area contributed by atoms with Gasteiger partial charge in [-0.1, -0.05) is 32.6 Å². The standard InChI is InChI=1S/C12H16O3.C9H16O3.C2H6/c1-4-9-5-10(7-14-2)12(13)11(6-9)8-15-3;1-4-8(7-12-3)9(10)5-6-11-2;1-2/h4-6,13H,1,7-8H2,2-3H3;4-5,10H,6-7H2,1-3H3;1-2H3/b;8-4-,9-5-;. The van der Waals surface area contributed by atoms with Gasteiger partial charge in [-0.15, -0.1) is 0 Å². The minimum atomic E-state index is 0.223. The molecule has 0 radical (unpaired) electrons. The average Bonchev–Trinajstić information content (AvgIpc) is 2.75. The Bertz CT molecular complexity index is 593. The normalized spacial score (nSPS) is 11.1. The first kappa shape index (κ1) is 29.1. The van der Waals surface area contributed by atoms with E-state index in [2.05, 4.69) is 6.58 Å². The second-order valence-electron chi connectivity index (χ2n) is 5.55. The summed E-state index contributed by atoms with van der Waals surface area (Å²) in [5.41, 5.74) is 3.23. The molecule has 0 aliphatic carbocycles. The number of aliphatic hydroxyl groups excluding tert-OH is 1. The molecule has 0 atom stereocenters. The third-order valence-corrected chi connectivity index (χ3v) is 3.55. The molecule has 1 aromatic carbocycles. The van der Waals surface area contributed by atoms with Crippen LogP contribution in [0.5, 0.6) is 5.75 Å². The number of hydrogen-bond donors (Lipinski definition) is 2. The van der Waals surface area contributed by atoms with Crippen LogP contribution in [0.1, 0.15) is 37.5 Å². The number of hydrogen-bond acceptors (Lipinski definition) is 6. The zero-order valence-corrected chi connectivity index (χ0v) is 18.9. The molecule has 2 N–H and O–H groups in total. The van der Waals surface area contributed by atoms with E-state index in [1.807, 2.05) is 39.0 Å². The van der Waals surface area contributed by atoms with E-state index < -0.39 is 0 Å². The molecular weight excluding hydrogens is 372 g/mol. The zero-order valence-electron chi connectivity index (χ0n) is 18.9. The summed E-state index contributed by atoms with van der Waals surface area (Å²) in [5, 5.41) is 19.3. The summed E-state index contributed by atoms with van der Waals surface area (Å²) < 4.78 is 19.7. The smallest absolute Gasteiger partial charge is 0.126 e. The first-order chi connectivity index (χ1) is 14.0. The van der Waals surface area contributed by atoms with E-state index in [4.69, 9.17) is 18.9 Å². The third-order valence-electron chi connectivity index (χ3n) is 3.55. The maximum Gasteiger partial charge on any atom is 0.126 e. The lowest BCUT2D eigenvalue weighted by Gasteiger charge is -2.10. The molecule has 0 aliphatic heterocycles. The van der Waals surface area contributed by atoms with E-state index in [0.717, 1.165) is 22.3 Å². The summed E-state index contributed by atoms with van der Waals surface area (Å²) in [6.07, 6.45) is 5.15. The van der Waals surface area contributed by atoms with Crippen molar-refractivity contribution in [3.05, 3.63) is 58.9 Å². The van der Waals surface area contributed by atoms with Crippen LogP contribution in [0.3, 0.4) is 0 Å². The summed E-state index contributed by atoms with van der Waals surface area (Å²) in [7, 11) is 6.36. The van der Waals surface area contributed by atoms with Crippen LogP contribution in [0.15, 0.2) is 42.2 Å². The molecule has 0 aromatic heterocycles. The number of aliphatic hydroxyl groups is 1. The molecule has 0 aliphatic rings. The van der Waals surface area contributed by atoms with Gasteiger partial charge in [-0.2, -0.15) is 0 Å². The highest BCUT2D eigenvalue weighted by Crippen LogP contribution is 2.26. The van der Waals surface area contributed by atoms with Gasteiger partial charge in [0, 0.05) is 45.1 Å². The molecule has 0 bridgehead atoms. The van der Waals surface area contributed by atoms with Crippen molar-refractivity contribution in [2.75, 3.05) is 41.7 Å². The number of rotatable bonds is 10. The van der Waals surface area contributed by atoms with Crippen molar-refractivity contribution in [1.82, 2.24) is 0 Å². The summed E-state index contributed by atoms with van der Waals surface area (Å²) in [5.74, 6) is 0.463. The highest BCUT2D eigenvalue weighted by atomic mass is 16.5. The summed E-state index contributed by atoms with van der Waals surface area (Å²) in [6.45, 7) is 11.1. The maximum atomic E-state index is 9.88. The summed E-state index contributed by atoms with van der Waals surface area (Å²) in [4.78, 5) is 0. The summed E-state index contributed by atoms with van der Waals surface area (Å²) in [6, 6.07) is 3.70. The van der Waals surface area contributed by atoms with E-state index in [0.29, 0.717) is 26.4 Å². The molecule has 1 rings (SSSR count). The van der Waals surface area contributed by atoms with Crippen LogP contribution in [0, 0.1) is 0 Å². The fourth-order valence-electron chi connectivity index (χ4n) is 2.19. The molecule has 0 heterocycles. The van der Waals surface area contributed by atoms with E-state index in [-0.39, 0.29) is 11.5 Å². The van der Waals surface area contributed by atoms with Crippen molar-refractivity contribution in [3.63, 3.8) is 0 Å². The van der Waals surface area contributed by atoms with Gasteiger partial charge in [0.05, 0.1) is 26.4 Å². The van der Waals surface area contributed by atoms with Crippen molar-refractivity contribution < 1.29 is 29.2 Å². The molecule has 1 aromatic rings. The number of benzene rings is 1. The van der Waals surface area contributed by atoms with Crippen molar-refractivity contribution in [2.45, 2.75) is 34.0 Å². The van der Waals surface area contributed by atoms with Gasteiger partial charge in [0.2, 0.25) is 0 Å².